The van der Waals surface area contributed by atoms with Crippen LogP contribution in [-0.4, -0.2) is 25.5 Å². The van der Waals surface area contributed by atoms with Crippen LogP contribution in [-0.2, 0) is 29.2 Å². The summed E-state index contributed by atoms with van der Waals surface area (Å²) in [6.45, 7) is -0.0837. The van der Waals surface area contributed by atoms with E-state index in [1.54, 1.807) is 37.6 Å². The van der Waals surface area contributed by atoms with Crippen LogP contribution in [0.2, 0.25) is 0 Å². The number of rotatable bonds is 4. The maximum absolute atomic E-state index is 12.3. The highest BCUT2D eigenvalue weighted by atomic mass is 32.2. The SMILES string of the molecule is Cn1c(=O)n(CC(=O)Nc2cccc([S@](C)=O)c2)c2ccccc21. The molecule has 0 bridgehead atoms. The molecule has 0 radical (unpaired) electrons. The first-order valence-corrected chi connectivity index (χ1v) is 8.91. The van der Waals surface area contributed by atoms with E-state index in [1.165, 1.54) is 9.13 Å². The largest absolute Gasteiger partial charge is 0.329 e. The van der Waals surface area contributed by atoms with E-state index in [4.69, 9.17) is 0 Å². The number of benzene rings is 2. The second kappa shape index (κ2) is 6.45. The van der Waals surface area contributed by atoms with Gasteiger partial charge in [-0.15, -0.1) is 0 Å². The number of imidazole rings is 1. The molecule has 3 rings (SSSR count). The minimum atomic E-state index is -1.12. The summed E-state index contributed by atoms with van der Waals surface area (Å²) in [6, 6.07) is 14.2. The third-order valence-electron chi connectivity index (χ3n) is 3.80. The Hall–Kier alpha value is -2.67. The van der Waals surface area contributed by atoms with E-state index < -0.39 is 10.8 Å². The van der Waals surface area contributed by atoms with Crippen molar-refractivity contribution >= 4 is 33.4 Å². The normalized spacial score (nSPS) is 12.2. The number of amides is 1. The topological polar surface area (TPSA) is 73.1 Å². The molecule has 3 aromatic rings. The Bertz CT molecular complexity index is 1000. The minimum absolute atomic E-state index is 0.0837. The summed E-state index contributed by atoms with van der Waals surface area (Å²) >= 11 is 0. The van der Waals surface area contributed by atoms with Crippen LogP contribution >= 0.6 is 0 Å². The summed E-state index contributed by atoms with van der Waals surface area (Å²) in [5.74, 6) is -0.313. The van der Waals surface area contributed by atoms with Crippen LogP contribution in [0.3, 0.4) is 0 Å². The number of para-hydroxylation sites is 2. The lowest BCUT2D eigenvalue weighted by molar-refractivity contribution is -0.116. The predicted octanol–water partition coefficient (Wildman–Crippen LogP) is 1.72. The number of hydrogen-bond acceptors (Lipinski definition) is 3. The van der Waals surface area contributed by atoms with Gasteiger partial charge in [0.1, 0.15) is 6.54 Å². The van der Waals surface area contributed by atoms with E-state index in [1.807, 2.05) is 24.3 Å². The first-order valence-electron chi connectivity index (χ1n) is 7.35. The average molecular weight is 343 g/mol. The van der Waals surface area contributed by atoms with Gasteiger partial charge < -0.3 is 5.32 Å². The van der Waals surface area contributed by atoms with Crippen LogP contribution in [0.4, 0.5) is 5.69 Å². The minimum Gasteiger partial charge on any atom is -0.324 e. The van der Waals surface area contributed by atoms with Crippen LogP contribution in [0.5, 0.6) is 0 Å². The first kappa shape index (κ1) is 16.2. The predicted molar refractivity (Wildman–Crippen MR) is 94.6 cm³/mol. The number of anilines is 1. The smallest absolute Gasteiger partial charge is 0.324 e. The fraction of sp³-hybridized carbons (Fsp3) is 0.176. The van der Waals surface area contributed by atoms with E-state index >= 15 is 0 Å². The highest BCUT2D eigenvalue weighted by molar-refractivity contribution is 7.84. The molecule has 2 aromatic carbocycles. The molecule has 0 fully saturated rings. The summed E-state index contributed by atoms with van der Waals surface area (Å²) < 4.78 is 14.5. The number of hydrogen-bond donors (Lipinski definition) is 1. The molecule has 0 saturated heterocycles. The van der Waals surface area contributed by atoms with E-state index in [-0.39, 0.29) is 18.1 Å². The molecule has 24 heavy (non-hydrogen) atoms. The molecule has 0 spiro atoms. The Labute approximate surface area is 141 Å². The monoisotopic (exact) mass is 343 g/mol. The lowest BCUT2D eigenvalue weighted by atomic mass is 10.3. The average Bonchev–Trinajstić information content (AvgIpc) is 2.80. The fourth-order valence-corrected chi connectivity index (χ4v) is 3.18. The summed E-state index contributed by atoms with van der Waals surface area (Å²) in [4.78, 5) is 25.3. The summed E-state index contributed by atoms with van der Waals surface area (Å²) in [6.07, 6.45) is 1.58. The highest BCUT2D eigenvalue weighted by Crippen LogP contribution is 2.14. The number of nitrogens with one attached hydrogen (secondary N) is 1. The fourth-order valence-electron chi connectivity index (χ4n) is 2.61. The van der Waals surface area contributed by atoms with Gasteiger partial charge in [-0.1, -0.05) is 18.2 Å². The van der Waals surface area contributed by atoms with E-state index in [0.29, 0.717) is 16.1 Å². The van der Waals surface area contributed by atoms with Crippen molar-refractivity contribution in [2.45, 2.75) is 11.4 Å². The lowest BCUT2D eigenvalue weighted by Crippen LogP contribution is -2.28. The standard InChI is InChI=1S/C17H17N3O3S/c1-19-14-8-3-4-9-15(14)20(17(19)22)11-16(21)18-12-6-5-7-13(10-12)24(2)23/h3-10H,11H2,1-2H3,(H,18,21)/t24-/m0/s1. The highest BCUT2D eigenvalue weighted by Gasteiger charge is 2.13. The molecule has 0 aliphatic rings. The molecule has 6 nitrogen and oxygen atoms in total. The molecule has 1 N–H and O–H groups in total. The number of carbonyl (C=O) groups excluding carboxylic acids is 1. The molecular formula is C17H17N3O3S. The van der Waals surface area contributed by atoms with Gasteiger partial charge in [-0.3, -0.25) is 18.1 Å². The number of aromatic nitrogens is 2. The molecule has 0 aliphatic carbocycles. The van der Waals surface area contributed by atoms with Gasteiger partial charge in [0.05, 0.1) is 11.0 Å². The maximum Gasteiger partial charge on any atom is 0.329 e. The lowest BCUT2D eigenvalue weighted by Gasteiger charge is -2.07. The van der Waals surface area contributed by atoms with Gasteiger partial charge in [-0.2, -0.15) is 0 Å². The zero-order valence-electron chi connectivity index (χ0n) is 13.4. The molecule has 1 heterocycles. The second-order valence-corrected chi connectivity index (χ2v) is 6.83. The third-order valence-corrected chi connectivity index (χ3v) is 4.72. The van der Waals surface area contributed by atoms with Crippen molar-refractivity contribution in [2.24, 2.45) is 7.05 Å². The molecular weight excluding hydrogens is 326 g/mol. The van der Waals surface area contributed by atoms with E-state index in [9.17, 15) is 13.8 Å². The molecule has 124 valence electrons. The third kappa shape index (κ3) is 3.03. The molecule has 7 heteroatoms. The maximum atomic E-state index is 12.3. The van der Waals surface area contributed by atoms with Gasteiger partial charge >= 0.3 is 5.69 Å². The van der Waals surface area contributed by atoms with Crippen LogP contribution in [0.15, 0.2) is 58.2 Å². The number of fused-ring (bicyclic) bond motifs is 1. The Morgan fingerprint density at radius 3 is 2.54 bits per heavy atom. The van der Waals surface area contributed by atoms with Gasteiger partial charge in [0.15, 0.2) is 0 Å². The zero-order chi connectivity index (χ0) is 17.3. The Morgan fingerprint density at radius 1 is 1.12 bits per heavy atom. The molecule has 0 unspecified atom stereocenters. The Morgan fingerprint density at radius 2 is 1.83 bits per heavy atom. The van der Waals surface area contributed by atoms with Crippen LogP contribution in [0.1, 0.15) is 0 Å². The van der Waals surface area contributed by atoms with Crippen LogP contribution in [0, 0.1) is 0 Å². The number of aryl methyl sites for hydroxylation is 1. The van der Waals surface area contributed by atoms with Crippen LogP contribution in [0.25, 0.3) is 11.0 Å². The summed E-state index contributed by atoms with van der Waals surface area (Å²) in [5.41, 5.74) is 1.80. The van der Waals surface area contributed by atoms with Crippen molar-refractivity contribution in [3.05, 3.63) is 59.0 Å². The number of nitrogens with zero attached hydrogens (tertiary/aromatic N) is 2. The zero-order valence-corrected chi connectivity index (χ0v) is 14.2. The quantitative estimate of drug-likeness (QED) is 0.784. The molecule has 1 amide bonds. The van der Waals surface area contributed by atoms with Crippen molar-refractivity contribution in [1.29, 1.82) is 0 Å². The molecule has 1 atom stereocenters. The van der Waals surface area contributed by atoms with Gasteiger partial charge in [0.2, 0.25) is 5.91 Å². The van der Waals surface area contributed by atoms with Gasteiger partial charge in [-0.25, -0.2) is 4.79 Å². The van der Waals surface area contributed by atoms with Gasteiger partial charge in [0, 0.05) is 34.7 Å². The summed E-state index contributed by atoms with van der Waals surface area (Å²) in [5, 5.41) is 2.74. The summed E-state index contributed by atoms with van der Waals surface area (Å²) in [7, 11) is 0.559. The molecule has 0 aliphatic heterocycles. The van der Waals surface area contributed by atoms with Crippen molar-refractivity contribution in [3.8, 4) is 0 Å². The van der Waals surface area contributed by atoms with Crippen molar-refractivity contribution in [2.75, 3.05) is 11.6 Å². The second-order valence-electron chi connectivity index (χ2n) is 5.45. The molecule has 1 aromatic heterocycles. The van der Waals surface area contributed by atoms with Crippen molar-refractivity contribution < 1.29 is 9.00 Å². The molecule has 0 saturated carbocycles. The first-order chi connectivity index (χ1) is 11.5. The van der Waals surface area contributed by atoms with Gasteiger partial charge in [-0.05, 0) is 30.3 Å². The van der Waals surface area contributed by atoms with E-state index in [2.05, 4.69) is 5.32 Å². The Kier molecular flexibility index (Phi) is 4.35. The van der Waals surface area contributed by atoms with Crippen molar-refractivity contribution in [1.82, 2.24) is 9.13 Å². The van der Waals surface area contributed by atoms with Crippen LogP contribution < -0.4 is 11.0 Å². The van der Waals surface area contributed by atoms with Crippen molar-refractivity contribution in [3.63, 3.8) is 0 Å². The van der Waals surface area contributed by atoms with E-state index in [0.717, 1.165) is 5.52 Å². The number of carbonyl (C=O) groups is 1. The Balaban J connectivity index is 1.86. The van der Waals surface area contributed by atoms with Gasteiger partial charge in [0.25, 0.3) is 0 Å².